The zero-order valence-electron chi connectivity index (χ0n) is 14.6. The fourth-order valence-electron chi connectivity index (χ4n) is 2.74. The van der Waals surface area contributed by atoms with E-state index in [4.69, 9.17) is 0 Å². The van der Waals surface area contributed by atoms with E-state index in [2.05, 4.69) is 21.7 Å². The van der Waals surface area contributed by atoms with Crippen molar-refractivity contribution in [3.05, 3.63) is 83.2 Å². The van der Waals surface area contributed by atoms with Crippen molar-refractivity contribution in [2.45, 2.75) is 20.8 Å². The number of carbonyl (C=O) groups excluding carboxylic acids is 1. The maximum Gasteiger partial charge on any atom is 0.274 e. The van der Waals surface area contributed by atoms with Gasteiger partial charge in [0.05, 0.1) is 0 Å². The minimum Gasteiger partial charge on any atom is -0.355 e. The first kappa shape index (κ1) is 16.7. The average Bonchev–Trinajstić information content (AvgIpc) is 2.56. The summed E-state index contributed by atoms with van der Waals surface area (Å²) in [6.45, 7) is 6.05. The number of rotatable bonds is 4. The highest BCUT2D eigenvalue weighted by atomic mass is 16.1. The number of amides is 1. The third kappa shape index (κ3) is 4.23. The summed E-state index contributed by atoms with van der Waals surface area (Å²) in [4.78, 5) is 16.7. The molecule has 25 heavy (non-hydrogen) atoms. The molecule has 4 nitrogen and oxygen atoms in total. The Morgan fingerprint density at radius 3 is 2.32 bits per heavy atom. The van der Waals surface area contributed by atoms with Crippen LogP contribution in [0.1, 0.15) is 27.2 Å². The Morgan fingerprint density at radius 1 is 0.880 bits per heavy atom. The van der Waals surface area contributed by atoms with Crippen molar-refractivity contribution in [3.8, 4) is 0 Å². The van der Waals surface area contributed by atoms with E-state index in [1.54, 1.807) is 12.3 Å². The van der Waals surface area contributed by atoms with Crippen molar-refractivity contribution in [2.75, 3.05) is 10.6 Å². The molecule has 126 valence electrons. The Labute approximate surface area is 147 Å². The first-order valence-electron chi connectivity index (χ1n) is 8.19. The van der Waals surface area contributed by atoms with E-state index in [0.29, 0.717) is 5.69 Å². The molecule has 2 N–H and O–H groups in total. The SMILES string of the molecule is Cc1cc(C)cc(NC(=O)c2cc(Nc3ccccc3C)ccn2)c1. The van der Waals surface area contributed by atoms with Crippen LogP contribution in [0.25, 0.3) is 0 Å². The monoisotopic (exact) mass is 331 g/mol. The van der Waals surface area contributed by atoms with Gasteiger partial charge in [0.1, 0.15) is 5.69 Å². The molecule has 0 fully saturated rings. The second-order valence-electron chi connectivity index (χ2n) is 6.20. The lowest BCUT2D eigenvalue weighted by molar-refractivity contribution is 0.102. The van der Waals surface area contributed by atoms with Crippen molar-refractivity contribution in [1.82, 2.24) is 4.98 Å². The summed E-state index contributed by atoms with van der Waals surface area (Å²) in [6, 6.07) is 17.6. The second kappa shape index (κ2) is 7.18. The molecule has 3 aromatic rings. The average molecular weight is 331 g/mol. The van der Waals surface area contributed by atoms with E-state index in [9.17, 15) is 4.79 Å². The molecule has 0 atom stereocenters. The van der Waals surface area contributed by atoms with E-state index in [1.807, 2.05) is 63.2 Å². The van der Waals surface area contributed by atoms with Crippen molar-refractivity contribution < 1.29 is 4.79 Å². The number of hydrogen-bond donors (Lipinski definition) is 2. The van der Waals surface area contributed by atoms with E-state index >= 15 is 0 Å². The molecule has 0 spiro atoms. The molecule has 0 aliphatic heterocycles. The summed E-state index contributed by atoms with van der Waals surface area (Å²) in [6.07, 6.45) is 1.64. The zero-order valence-corrected chi connectivity index (χ0v) is 14.6. The number of nitrogens with zero attached hydrogens (tertiary/aromatic N) is 1. The lowest BCUT2D eigenvalue weighted by Crippen LogP contribution is -2.14. The summed E-state index contributed by atoms with van der Waals surface area (Å²) in [5.41, 5.74) is 6.35. The summed E-state index contributed by atoms with van der Waals surface area (Å²) >= 11 is 0. The van der Waals surface area contributed by atoms with Gasteiger partial charge in [0.2, 0.25) is 0 Å². The van der Waals surface area contributed by atoms with Crippen LogP contribution in [0.15, 0.2) is 60.8 Å². The molecule has 3 rings (SSSR count). The number of anilines is 3. The lowest BCUT2D eigenvalue weighted by atomic mass is 10.1. The molecule has 1 amide bonds. The van der Waals surface area contributed by atoms with Crippen LogP contribution in [0, 0.1) is 20.8 Å². The van der Waals surface area contributed by atoms with Crippen LogP contribution in [-0.2, 0) is 0 Å². The fourth-order valence-corrected chi connectivity index (χ4v) is 2.74. The molecule has 4 heteroatoms. The number of aryl methyl sites for hydroxylation is 3. The summed E-state index contributed by atoms with van der Waals surface area (Å²) in [5, 5.41) is 6.24. The smallest absolute Gasteiger partial charge is 0.274 e. The van der Waals surface area contributed by atoms with Gasteiger partial charge in [-0.15, -0.1) is 0 Å². The quantitative estimate of drug-likeness (QED) is 0.707. The van der Waals surface area contributed by atoms with Gasteiger partial charge in [0.15, 0.2) is 0 Å². The Hall–Kier alpha value is -3.14. The predicted octanol–water partition coefficient (Wildman–Crippen LogP) is 5.00. The topological polar surface area (TPSA) is 54.0 Å². The van der Waals surface area contributed by atoms with Gasteiger partial charge in [-0.2, -0.15) is 0 Å². The highest BCUT2D eigenvalue weighted by Gasteiger charge is 2.09. The highest BCUT2D eigenvalue weighted by molar-refractivity contribution is 6.03. The van der Waals surface area contributed by atoms with Crippen molar-refractivity contribution >= 4 is 23.0 Å². The first-order valence-corrected chi connectivity index (χ1v) is 8.19. The Balaban J connectivity index is 1.78. The second-order valence-corrected chi connectivity index (χ2v) is 6.20. The number of para-hydroxylation sites is 1. The van der Waals surface area contributed by atoms with E-state index in [-0.39, 0.29) is 5.91 Å². The van der Waals surface area contributed by atoms with Crippen molar-refractivity contribution in [2.24, 2.45) is 0 Å². The number of benzene rings is 2. The molecule has 0 aliphatic carbocycles. The molecule has 2 aromatic carbocycles. The molecule has 1 heterocycles. The van der Waals surface area contributed by atoms with Gasteiger partial charge in [-0.25, -0.2) is 0 Å². The van der Waals surface area contributed by atoms with Gasteiger partial charge in [-0.05, 0) is 67.8 Å². The summed E-state index contributed by atoms with van der Waals surface area (Å²) in [5.74, 6) is -0.224. The van der Waals surface area contributed by atoms with Crippen LogP contribution in [0.5, 0.6) is 0 Å². The summed E-state index contributed by atoms with van der Waals surface area (Å²) in [7, 11) is 0. The number of pyridine rings is 1. The molecule has 0 saturated carbocycles. The van der Waals surface area contributed by atoms with Gasteiger partial charge < -0.3 is 10.6 Å². The Morgan fingerprint density at radius 2 is 1.60 bits per heavy atom. The molecular weight excluding hydrogens is 310 g/mol. The minimum absolute atomic E-state index is 0.224. The van der Waals surface area contributed by atoms with Crippen molar-refractivity contribution in [3.63, 3.8) is 0 Å². The molecule has 0 aliphatic rings. The minimum atomic E-state index is -0.224. The molecule has 0 bridgehead atoms. The largest absolute Gasteiger partial charge is 0.355 e. The third-order valence-electron chi connectivity index (χ3n) is 3.90. The van der Waals surface area contributed by atoms with E-state index in [1.165, 1.54) is 0 Å². The fraction of sp³-hybridized carbons (Fsp3) is 0.143. The number of nitrogens with one attached hydrogen (secondary N) is 2. The third-order valence-corrected chi connectivity index (χ3v) is 3.90. The molecule has 1 aromatic heterocycles. The van der Waals surface area contributed by atoms with E-state index in [0.717, 1.165) is 33.8 Å². The maximum absolute atomic E-state index is 12.5. The predicted molar refractivity (Wildman–Crippen MR) is 103 cm³/mol. The van der Waals surface area contributed by atoms with Crippen LogP contribution >= 0.6 is 0 Å². The molecule has 0 unspecified atom stereocenters. The number of carbonyl (C=O) groups is 1. The maximum atomic E-state index is 12.5. The highest BCUT2D eigenvalue weighted by Crippen LogP contribution is 2.21. The summed E-state index contributed by atoms with van der Waals surface area (Å²) < 4.78 is 0. The van der Waals surface area contributed by atoms with Gasteiger partial charge in [-0.1, -0.05) is 24.3 Å². The Kier molecular flexibility index (Phi) is 4.80. The molecule has 0 radical (unpaired) electrons. The van der Waals surface area contributed by atoms with E-state index < -0.39 is 0 Å². The molecule has 0 saturated heterocycles. The van der Waals surface area contributed by atoms with Gasteiger partial charge in [0, 0.05) is 23.3 Å². The van der Waals surface area contributed by atoms with Crippen molar-refractivity contribution in [1.29, 1.82) is 0 Å². The first-order chi connectivity index (χ1) is 12.0. The van der Waals surface area contributed by atoms with Crippen LogP contribution in [0.3, 0.4) is 0 Å². The zero-order chi connectivity index (χ0) is 17.8. The van der Waals surface area contributed by atoms with Crippen LogP contribution in [0.4, 0.5) is 17.1 Å². The number of aromatic nitrogens is 1. The van der Waals surface area contributed by atoms with Crippen LogP contribution < -0.4 is 10.6 Å². The Bertz CT molecular complexity index is 898. The van der Waals surface area contributed by atoms with Gasteiger partial charge >= 0.3 is 0 Å². The normalized spacial score (nSPS) is 10.4. The molecular formula is C21H21N3O. The van der Waals surface area contributed by atoms with Gasteiger partial charge in [-0.3, -0.25) is 9.78 Å². The van der Waals surface area contributed by atoms with Crippen LogP contribution in [-0.4, -0.2) is 10.9 Å². The standard InChI is InChI=1S/C21H21N3O/c1-14-10-15(2)12-18(11-14)24-21(25)20-13-17(8-9-22-20)23-19-7-5-4-6-16(19)3/h4-13H,1-3H3,(H,22,23)(H,24,25). The van der Waals surface area contributed by atoms with Crippen LogP contribution in [0.2, 0.25) is 0 Å². The van der Waals surface area contributed by atoms with Gasteiger partial charge in [0.25, 0.3) is 5.91 Å². The lowest BCUT2D eigenvalue weighted by Gasteiger charge is -2.11. The number of hydrogen-bond acceptors (Lipinski definition) is 3.